The second-order valence-corrected chi connectivity index (χ2v) is 6.37. The molecule has 2 aromatic rings. The number of benzene rings is 1. The maximum atomic E-state index is 6.08. The molecule has 0 fully saturated rings. The molecular formula is C18H27ClN4. The number of aromatic nitrogens is 1. The van der Waals surface area contributed by atoms with Gasteiger partial charge < -0.3 is 16.0 Å². The van der Waals surface area contributed by atoms with Crippen molar-refractivity contribution in [1.29, 1.82) is 0 Å². The number of rotatable bonds is 8. The van der Waals surface area contributed by atoms with E-state index in [-0.39, 0.29) is 0 Å². The molecule has 2 rings (SSSR count). The van der Waals surface area contributed by atoms with Crippen molar-refractivity contribution in [3.63, 3.8) is 0 Å². The Morgan fingerprint density at radius 1 is 1.30 bits per heavy atom. The van der Waals surface area contributed by atoms with Gasteiger partial charge >= 0.3 is 0 Å². The van der Waals surface area contributed by atoms with Gasteiger partial charge in [0.2, 0.25) is 0 Å². The monoisotopic (exact) mass is 334 g/mol. The molecule has 1 aromatic heterocycles. The summed E-state index contributed by atoms with van der Waals surface area (Å²) in [6.07, 6.45) is 4.12. The lowest BCUT2D eigenvalue weighted by atomic mass is 10.1. The van der Waals surface area contributed by atoms with Gasteiger partial charge in [-0.1, -0.05) is 25.4 Å². The Bertz CT molecular complexity index is 640. The normalized spacial score (nSPS) is 12.7. The first-order valence-corrected chi connectivity index (χ1v) is 8.75. The number of halogens is 1. The van der Waals surface area contributed by atoms with Crippen LogP contribution in [0.1, 0.15) is 33.6 Å². The molecule has 0 bridgehead atoms. The number of pyridine rings is 1. The van der Waals surface area contributed by atoms with E-state index in [1.165, 1.54) is 6.42 Å². The highest BCUT2D eigenvalue weighted by molar-refractivity contribution is 6.34. The molecular weight excluding hydrogens is 308 g/mol. The predicted octanol–water partition coefficient (Wildman–Crippen LogP) is 4.39. The van der Waals surface area contributed by atoms with Crippen molar-refractivity contribution < 1.29 is 0 Å². The maximum Gasteiger partial charge on any atom is 0.0739 e. The quantitative estimate of drug-likeness (QED) is 0.703. The first-order valence-electron chi connectivity index (χ1n) is 8.37. The predicted molar refractivity (Wildman–Crippen MR) is 101 cm³/mol. The lowest BCUT2D eigenvalue weighted by molar-refractivity contribution is 0.295. The van der Waals surface area contributed by atoms with Crippen molar-refractivity contribution >= 4 is 33.9 Å². The largest absolute Gasteiger partial charge is 0.398 e. The zero-order valence-electron chi connectivity index (χ0n) is 14.3. The van der Waals surface area contributed by atoms with Gasteiger partial charge in [-0.2, -0.15) is 0 Å². The number of anilines is 2. The first kappa shape index (κ1) is 17.8. The van der Waals surface area contributed by atoms with E-state index in [4.69, 9.17) is 17.3 Å². The first-order chi connectivity index (χ1) is 11.0. The summed E-state index contributed by atoms with van der Waals surface area (Å²) in [6.45, 7) is 10.0. The van der Waals surface area contributed by atoms with Gasteiger partial charge in [-0.05, 0) is 57.6 Å². The van der Waals surface area contributed by atoms with Crippen LogP contribution in [-0.4, -0.2) is 35.6 Å². The van der Waals surface area contributed by atoms with Crippen LogP contribution in [0.4, 0.5) is 11.4 Å². The summed E-state index contributed by atoms with van der Waals surface area (Å²) in [5, 5.41) is 5.15. The standard InChI is InChI=1S/C18H27ClN4/c1-4-23(5-2)10-6-7-13(3)22-17-8-9-21-18-12-15(19)16(20)11-14(17)18/h8-9,11-13H,4-7,10,20H2,1-3H3,(H,21,22). The van der Waals surface area contributed by atoms with Crippen LogP contribution in [0.15, 0.2) is 24.4 Å². The molecule has 1 atom stereocenters. The van der Waals surface area contributed by atoms with Gasteiger partial charge in [-0.25, -0.2) is 0 Å². The number of hydrogen-bond acceptors (Lipinski definition) is 4. The zero-order valence-corrected chi connectivity index (χ0v) is 15.0. The summed E-state index contributed by atoms with van der Waals surface area (Å²) in [6, 6.07) is 6.11. The van der Waals surface area contributed by atoms with Crippen LogP contribution in [0.2, 0.25) is 5.02 Å². The molecule has 0 radical (unpaired) electrons. The molecule has 3 N–H and O–H groups in total. The average molecular weight is 335 g/mol. The third-order valence-corrected chi connectivity index (χ3v) is 4.60. The molecule has 1 heterocycles. The van der Waals surface area contributed by atoms with Gasteiger partial charge in [0.25, 0.3) is 0 Å². The minimum absolute atomic E-state index is 0.396. The van der Waals surface area contributed by atoms with Crippen LogP contribution in [0, 0.1) is 0 Å². The summed E-state index contributed by atoms with van der Waals surface area (Å²) in [5.74, 6) is 0. The van der Waals surface area contributed by atoms with Crippen LogP contribution < -0.4 is 11.1 Å². The Kier molecular flexibility index (Phi) is 6.48. The minimum atomic E-state index is 0.396. The minimum Gasteiger partial charge on any atom is -0.398 e. The summed E-state index contributed by atoms with van der Waals surface area (Å²) in [7, 11) is 0. The van der Waals surface area contributed by atoms with Gasteiger partial charge in [-0.3, -0.25) is 4.98 Å². The van der Waals surface area contributed by atoms with Gasteiger partial charge in [0, 0.05) is 23.3 Å². The summed E-state index contributed by atoms with van der Waals surface area (Å²) in [5.41, 5.74) is 8.45. The Hall–Kier alpha value is -1.52. The van der Waals surface area contributed by atoms with Crippen molar-refractivity contribution in [1.82, 2.24) is 9.88 Å². The Morgan fingerprint density at radius 3 is 2.74 bits per heavy atom. The van der Waals surface area contributed by atoms with Gasteiger partial charge in [0.15, 0.2) is 0 Å². The van der Waals surface area contributed by atoms with Crippen LogP contribution in [0.25, 0.3) is 10.9 Å². The second kappa shape index (κ2) is 8.37. The molecule has 0 aliphatic rings. The summed E-state index contributed by atoms with van der Waals surface area (Å²) in [4.78, 5) is 6.83. The average Bonchev–Trinajstić information content (AvgIpc) is 2.53. The van der Waals surface area contributed by atoms with E-state index in [1.807, 2.05) is 18.2 Å². The lowest BCUT2D eigenvalue weighted by Crippen LogP contribution is -2.25. The molecule has 4 nitrogen and oxygen atoms in total. The van der Waals surface area contributed by atoms with Crippen LogP contribution in [0.5, 0.6) is 0 Å². The number of fused-ring (bicyclic) bond motifs is 1. The highest BCUT2D eigenvalue weighted by Gasteiger charge is 2.09. The Labute approximate surface area is 144 Å². The van der Waals surface area contributed by atoms with Crippen LogP contribution in [0.3, 0.4) is 0 Å². The highest BCUT2D eigenvalue weighted by Crippen LogP contribution is 2.29. The zero-order chi connectivity index (χ0) is 16.8. The van der Waals surface area contributed by atoms with Crippen molar-refractivity contribution in [2.75, 3.05) is 30.7 Å². The number of nitrogens with two attached hydrogens (primary N) is 1. The summed E-state index contributed by atoms with van der Waals surface area (Å²) >= 11 is 6.08. The Morgan fingerprint density at radius 2 is 2.04 bits per heavy atom. The summed E-state index contributed by atoms with van der Waals surface area (Å²) < 4.78 is 0. The van der Waals surface area contributed by atoms with E-state index < -0.39 is 0 Å². The maximum absolute atomic E-state index is 6.08. The van der Waals surface area contributed by atoms with E-state index in [9.17, 15) is 0 Å². The molecule has 23 heavy (non-hydrogen) atoms. The molecule has 0 aliphatic carbocycles. The van der Waals surface area contributed by atoms with E-state index in [1.54, 1.807) is 6.20 Å². The fraction of sp³-hybridized carbons (Fsp3) is 0.500. The molecule has 0 spiro atoms. The molecule has 1 aromatic carbocycles. The second-order valence-electron chi connectivity index (χ2n) is 5.96. The van der Waals surface area contributed by atoms with Crippen molar-refractivity contribution in [2.24, 2.45) is 0 Å². The highest BCUT2D eigenvalue weighted by atomic mass is 35.5. The molecule has 0 saturated heterocycles. The Balaban J connectivity index is 2.02. The van der Waals surface area contributed by atoms with E-state index in [0.717, 1.165) is 42.6 Å². The van der Waals surface area contributed by atoms with Crippen LogP contribution in [-0.2, 0) is 0 Å². The molecule has 1 unspecified atom stereocenters. The van der Waals surface area contributed by atoms with Gasteiger partial charge in [0.05, 0.1) is 16.2 Å². The molecule has 5 heteroatoms. The third-order valence-electron chi connectivity index (χ3n) is 4.27. The molecule has 0 amide bonds. The molecule has 0 aliphatic heterocycles. The number of nitrogens with zero attached hydrogens (tertiary/aromatic N) is 2. The third kappa shape index (κ3) is 4.72. The van der Waals surface area contributed by atoms with Gasteiger partial charge in [0.1, 0.15) is 0 Å². The fourth-order valence-corrected chi connectivity index (χ4v) is 2.97. The fourth-order valence-electron chi connectivity index (χ4n) is 2.81. The van der Waals surface area contributed by atoms with Crippen LogP contribution >= 0.6 is 11.6 Å². The number of nitrogens with one attached hydrogen (secondary N) is 1. The van der Waals surface area contributed by atoms with Gasteiger partial charge in [-0.15, -0.1) is 0 Å². The SMILES string of the molecule is CCN(CC)CCCC(C)Nc1ccnc2cc(Cl)c(N)cc12. The smallest absolute Gasteiger partial charge is 0.0739 e. The van der Waals surface area contributed by atoms with E-state index in [0.29, 0.717) is 16.8 Å². The van der Waals surface area contributed by atoms with Crippen molar-refractivity contribution in [2.45, 2.75) is 39.7 Å². The van der Waals surface area contributed by atoms with E-state index in [2.05, 4.69) is 36.0 Å². The molecule has 126 valence electrons. The van der Waals surface area contributed by atoms with Crippen molar-refractivity contribution in [3.05, 3.63) is 29.4 Å². The topological polar surface area (TPSA) is 54.2 Å². The number of hydrogen-bond donors (Lipinski definition) is 2. The lowest BCUT2D eigenvalue weighted by Gasteiger charge is -2.21. The number of nitrogen functional groups attached to an aromatic ring is 1. The molecule has 0 saturated carbocycles. The van der Waals surface area contributed by atoms with Crippen molar-refractivity contribution in [3.8, 4) is 0 Å². The van der Waals surface area contributed by atoms with E-state index >= 15 is 0 Å².